The number of halogens is 1. The molecule has 1 aliphatic heterocycles. The molecule has 0 saturated carbocycles. The number of carbonyl (C=O) groups is 2. The first kappa shape index (κ1) is 21.5. The van der Waals surface area contributed by atoms with E-state index in [1.165, 1.54) is 31.2 Å². The van der Waals surface area contributed by atoms with Gasteiger partial charge < -0.3 is 4.90 Å². The lowest BCUT2D eigenvalue weighted by Gasteiger charge is -2.33. The number of benzene rings is 2. The molecule has 8 heteroatoms. The minimum atomic E-state index is -3.83. The molecular formula is C21H23ClN2O4S. The largest absolute Gasteiger partial charge is 0.341 e. The monoisotopic (exact) mass is 434 g/mol. The van der Waals surface area contributed by atoms with Gasteiger partial charge in [0, 0.05) is 29.6 Å². The van der Waals surface area contributed by atoms with E-state index in [4.69, 9.17) is 11.6 Å². The molecule has 1 heterocycles. The molecule has 3 rings (SSSR count). The first-order chi connectivity index (χ1) is 13.8. The summed E-state index contributed by atoms with van der Waals surface area (Å²) in [5.41, 5.74) is 0.682. The normalized spacial score (nSPS) is 16.4. The van der Waals surface area contributed by atoms with Crippen LogP contribution in [0.4, 0.5) is 0 Å². The predicted octanol–water partition coefficient (Wildman–Crippen LogP) is 3.13. The standard InChI is InChI=1S/C21H23ClN2O4S/c1-15(23-29(27,28)19-9-7-18(22)8-10-19)21(26)24-13-11-17(12-14-24)20(25)16-5-3-2-4-6-16/h2-10,15,17,23H,11-14H2,1H3/t15-/m0/s1. The first-order valence-corrected chi connectivity index (χ1v) is 11.3. The average Bonchev–Trinajstić information content (AvgIpc) is 2.73. The van der Waals surface area contributed by atoms with Gasteiger partial charge in [-0.05, 0) is 44.0 Å². The van der Waals surface area contributed by atoms with Crippen molar-refractivity contribution in [1.82, 2.24) is 9.62 Å². The molecule has 0 radical (unpaired) electrons. The zero-order valence-electron chi connectivity index (χ0n) is 16.0. The molecular weight excluding hydrogens is 412 g/mol. The first-order valence-electron chi connectivity index (χ1n) is 9.44. The van der Waals surface area contributed by atoms with Gasteiger partial charge in [-0.1, -0.05) is 41.9 Å². The molecule has 29 heavy (non-hydrogen) atoms. The molecule has 2 aromatic rings. The van der Waals surface area contributed by atoms with Crippen LogP contribution in [0.25, 0.3) is 0 Å². The van der Waals surface area contributed by atoms with Gasteiger partial charge in [0.25, 0.3) is 0 Å². The van der Waals surface area contributed by atoms with Crippen LogP contribution in [0.1, 0.15) is 30.1 Å². The third-order valence-electron chi connectivity index (χ3n) is 5.06. The third kappa shape index (κ3) is 5.23. The van der Waals surface area contributed by atoms with Crippen molar-refractivity contribution in [3.05, 3.63) is 65.2 Å². The Morgan fingerprint density at radius 2 is 1.62 bits per heavy atom. The molecule has 0 aliphatic carbocycles. The summed E-state index contributed by atoms with van der Waals surface area (Å²) in [4.78, 5) is 26.9. The van der Waals surface area contributed by atoms with Crippen LogP contribution in [0, 0.1) is 5.92 Å². The maximum Gasteiger partial charge on any atom is 0.241 e. The van der Waals surface area contributed by atoms with E-state index in [1.54, 1.807) is 17.0 Å². The lowest BCUT2D eigenvalue weighted by Crippen LogP contribution is -2.49. The minimum absolute atomic E-state index is 0.0497. The number of sulfonamides is 1. The van der Waals surface area contributed by atoms with Crippen LogP contribution < -0.4 is 4.72 Å². The van der Waals surface area contributed by atoms with Gasteiger partial charge in [0.2, 0.25) is 15.9 Å². The molecule has 1 atom stereocenters. The summed E-state index contributed by atoms with van der Waals surface area (Å²) in [7, 11) is -3.83. The van der Waals surface area contributed by atoms with Gasteiger partial charge in [0.15, 0.2) is 5.78 Å². The molecule has 1 amide bonds. The summed E-state index contributed by atoms with van der Waals surface area (Å²) >= 11 is 5.79. The van der Waals surface area contributed by atoms with Crippen molar-refractivity contribution in [1.29, 1.82) is 0 Å². The smallest absolute Gasteiger partial charge is 0.241 e. The zero-order valence-corrected chi connectivity index (χ0v) is 17.6. The molecule has 6 nitrogen and oxygen atoms in total. The maximum atomic E-state index is 12.7. The molecule has 0 spiro atoms. The van der Waals surface area contributed by atoms with Crippen LogP contribution in [0.3, 0.4) is 0 Å². The number of hydrogen-bond donors (Lipinski definition) is 1. The van der Waals surface area contributed by atoms with Crippen LogP contribution >= 0.6 is 11.6 Å². The molecule has 0 aromatic heterocycles. The molecule has 0 bridgehead atoms. The van der Waals surface area contributed by atoms with Crippen molar-refractivity contribution in [3.63, 3.8) is 0 Å². The summed E-state index contributed by atoms with van der Waals surface area (Å²) in [5, 5.41) is 0.431. The van der Waals surface area contributed by atoms with Crippen molar-refractivity contribution < 1.29 is 18.0 Å². The van der Waals surface area contributed by atoms with Crippen LogP contribution in [0.5, 0.6) is 0 Å². The highest BCUT2D eigenvalue weighted by molar-refractivity contribution is 7.89. The zero-order chi connectivity index (χ0) is 21.0. The topological polar surface area (TPSA) is 83.6 Å². The number of carbonyl (C=O) groups excluding carboxylic acids is 2. The van der Waals surface area contributed by atoms with Crippen molar-refractivity contribution in [2.75, 3.05) is 13.1 Å². The Morgan fingerprint density at radius 1 is 1.03 bits per heavy atom. The van der Waals surface area contributed by atoms with Gasteiger partial charge in [-0.2, -0.15) is 4.72 Å². The Hall–Kier alpha value is -2.22. The fourth-order valence-corrected chi connectivity index (χ4v) is 4.76. The van der Waals surface area contributed by atoms with Crippen molar-refractivity contribution in [3.8, 4) is 0 Å². The third-order valence-corrected chi connectivity index (χ3v) is 6.87. The number of amides is 1. The molecule has 0 unspecified atom stereocenters. The summed E-state index contributed by atoms with van der Waals surface area (Å²) < 4.78 is 27.4. The number of piperidine rings is 1. The Balaban J connectivity index is 1.57. The van der Waals surface area contributed by atoms with E-state index in [0.717, 1.165) is 0 Å². The molecule has 1 fully saturated rings. The van der Waals surface area contributed by atoms with Gasteiger partial charge in [-0.3, -0.25) is 9.59 Å². The minimum Gasteiger partial charge on any atom is -0.341 e. The second-order valence-electron chi connectivity index (χ2n) is 7.13. The van der Waals surface area contributed by atoms with E-state index >= 15 is 0 Å². The van der Waals surface area contributed by atoms with Crippen molar-refractivity contribution in [2.45, 2.75) is 30.7 Å². The maximum absolute atomic E-state index is 12.7. The van der Waals surface area contributed by atoms with Gasteiger partial charge in [-0.25, -0.2) is 8.42 Å². The number of Topliss-reactive ketones (excluding diaryl/α,β-unsaturated/α-hetero) is 1. The Morgan fingerprint density at radius 3 is 2.21 bits per heavy atom. The Labute approximate surface area is 175 Å². The summed E-state index contributed by atoms with van der Waals surface area (Å²) in [6.07, 6.45) is 1.13. The SMILES string of the molecule is C[C@H](NS(=O)(=O)c1ccc(Cl)cc1)C(=O)N1CCC(C(=O)c2ccccc2)CC1. The number of nitrogens with one attached hydrogen (secondary N) is 1. The van der Waals surface area contributed by atoms with E-state index in [9.17, 15) is 18.0 Å². The number of nitrogens with zero attached hydrogens (tertiary/aromatic N) is 1. The molecule has 2 aromatic carbocycles. The van der Waals surface area contributed by atoms with Crippen LogP contribution in [0.2, 0.25) is 5.02 Å². The molecule has 1 N–H and O–H groups in total. The lowest BCUT2D eigenvalue weighted by atomic mass is 9.89. The van der Waals surface area contributed by atoms with E-state index < -0.39 is 16.1 Å². The molecule has 1 saturated heterocycles. The van der Waals surface area contributed by atoms with E-state index in [-0.39, 0.29) is 22.5 Å². The number of rotatable bonds is 6. The summed E-state index contributed by atoms with van der Waals surface area (Å²) in [6, 6.07) is 14.0. The van der Waals surface area contributed by atoms with Gasteiger partial charge >= 0.3 is 0 Å². The second kappa shape index (κ2) is 9.07. The predicted molar refractivity (Wildman–Crippen MR) is 111 cm³/mol. The number of hydrogen-bond acceptors (Lipinski definition) is 4. The van der Waals surface area contributed by atoms with Crippen LogP contribution in [0.15, 0.2) is 59.5 Å². The van der Waals surface area contributed by atoms with E-state index in [0.29, 0.717) is 36.5 Å². The van der Waals surface area contributed by atoms with E-state index in [2.05, 4.69) is 4.72 Å². The Kier molecular flexibility index (Phi) is 6.72. The van der Waals surface area contributed by atoms with Gasteiger partial charge in [-0.15, -0.1) is 0 Å². The van der Waals surface area contributed by atoms with Crippen LogP contribution in [-0.2, 0) is 14.8 Å². The lowest BCUT2D eigenvalue weighted by molar-refractivity contribution is -0.133. The van der Waals surface area contributed by atoms with Gasteiger partial charge in [0.1, 0.15) is 0 Å². The fraction of sp³-hybridized carbons (Fsp3) is 0.333. The van der Waals surface area contributed by atoms with Gasteiger partial charge in [0.05, 0.1) is 10.9 Å². The summed E-state index contributed by atoms with van der Waals surface area (Å²) in [5.74, 6) is -0.329. The average molecular weight is 435 g/mol. The molecule has 154 valence electrons. The highest BCUT2D eigenvalue weighted by Gasteiger charge is 2.31. The van der Waals surface area contributed by atoms with Crippen molar-refractivity contribution in [2.24, 2.45) is 5.92 Å². The van der Waals surface area contributed by atoms with E-state index in [1.807, 2.05) is 18.2 Å². The highest BCUT2D eigenvalue weighted by Crippen LogP contribution is 2.22. The summed E-state index contributed by atoms with van der Waals surface area (Å²) in [6.45, 7) is 2.38. The highest BCUT2D eigenvalue weighted by atomic mass is 35.5. The second-order valence-corrected chi connectivity index (χ2v) is 9.28. The van der Waals surface area contributed by atoms with Crippen LogP contribution in [-0.4, -0.2) is 44.1 Å². The molecule has 1 aliphatic rings. The quantitative estimate of drug-likeness (QED) is 0.708. The fourth-order valence-electron chi connectivity index (χ4n) is 3.44. The van der Waals surface area contributed by atoms with Crippen molar-refractivity contribution >= 4 is 33.3 Å². The number of ketones is 1. The number of likely N-dealkylation sites (tertiary alicyclic amines) is 1. The Bertz CT molecular complexity index is 970.